The minimum atomic E-state index is -1.61. The Morgan fingerprint density at radius 1 is 0.593 bits per heavy atom. The Hall–Kier alpha value is -1.63. The summed E-state index contributed by atoms with van der Waals surface area (Å²) in [5.74, 6) is -0.625. The predicted octanol–water partition coefficient (Wildman–Crippen LogP) is 9.42. The second kappa shape index (κ2) is 39.2. The van der Waals surface area contributed by atoms with Crippen LogP contribution in [0, 0.1) is 0 Å². The predicted molar refractivity (Wildman–Crippen MR) is 241 cm³/mol. The number of rotatable bonds is 40. The number of hydrogen-bond acceptors (Lipinski definition) is 9. The van der Waals surface area contributed by atoms with Gasteiger partial charge in [0, 0.05) is 0 Å². The molecule has 1 fully saturated rings. The zero-order valence-electron chi connectivity index (χ0n) is 37.6. The van der Waals surface area contributed by atoms with Crippen molar-refractivity contribution >= 4 is 5.91 Å². The van der Waals surface area contributed by atoms with Gasteiger partial charge in [0.15, 0.2) is 6.29 Å². The molecule has 0 aromatic heterocycles. The Bertz CT molecular complexity index is 1040. The molecule has 59 heavy (non-hydrogen) atoms. The smallest absolute Gasteiger partial charge is 0.249 e. The maximum atomic E-state index is 13.0. The third-order valence-corrected chi connectivity index (χ3v) is 11.6. The van der Waals surface area contributed by atoms with Gasteiger partial charge in [-0.3, -0.25) is 4.79 Å². The van der Waals surface area contributed by atoms with Crippen LogP contribution in [-0.4, -0.2) is 98.7 Å². The topological polar surface area (TPSA) is 169 Å². The highest BCUT2D eigenvalue weighted by Crippen LogP contribution is 2.23. The average Bonchev–Trinajstić information content (AvgIpc) is 3.23. The van der Waals surface area contributed by atoms with Gasteiger partial charge in [-0.25, -0.2) is 0 Å². The van der Waals surface area contributed by atoms with Gasteiger partial charge < -0.3 is 45.4 Å². The lowest BCUT2D eigenvalue weighted by Gasteiger charge is -2.40. The van der Waals surface area contributed by atoms with Crippen LogP contribution in [0.15, 0.2) is 36.5 Å². The van der Waals surface area contributed by atoms with Crippen molar-refractivity contribution in [2.24, 2.45) is 0 Å². The van der Waals surface area contributed by atoms with Gasteiger partial charge >= 0.3 is 0 Å². The van der Waals surface area contributed by atoms with Crippen molar-refractivity contribution in [1.29, 1.82) is 0 Å². The number of hydrogen-bond donors (Lipinski definition) is 7. The van der Waals surface area contributed by atoms with Crippen LogP contribution in [0.5, 0.6) is 0 Å². The fourth-order valence-electron chi connectivity index (χ4n) is 7.55. The summed E-state index contributed by atoms with van der Waals surface area (Å²) in [7, 11) is 0. The Balaban J connectivity index is 2.35. The second-order valence-corrected chi connectivity index (χ2v) is 17.0. The Labute approximate surface area is 360 Å². The Morgan fingerprint density at radius 2 is 1.03 bits per heavy atom. The van der Waals surface area contributed by atoms with Crippen LogP contribution >= 0.6 is 0 Å². The third-order valence-electron chi connectivity index (χ3n) is 11.6. The van der Waals surface area contributed by atoms with Gasteiger partial charge in [-0.05, 0) is 51.4 Å². The average molecular weight is 838 g/mol. The molecule has 8 unspecified atom stereocenters. The minimum Gasteiger partial charge on any atom is -0.394 e. The van der Waals surface area contributed by atoms with Gasteiger partial charge in [0.25, 0.3) is 0 Å². The van der Waals surface area contributed by atoms with E-state index in [0.717, 1.165) is 64.2 Å². The molecule has 1 aliphatic rings. The molecule has 0 aliphatic carbocycles. The molecular formula is C49H91NO9. The molecule has 0 aromatic carbocycles. The van der Waals surface area contributed by atoms with Crippen molar-refractivity contribution in [2.75, 3.05) is 13.2 Å². The standard InChI is InChI=1S/C49H91NO9/c1-3-5-7-9-11-13-15-17-18-19-20-21-22-23-24-25-26-28-30-32-34-36-38-43(53)48(57)50-41(40-58-49-47(56)46(55)45(54)44(39-51)59-49)42(52)37-35-33-31-29-27-16-14-12-10-8-6-4-2/h20-21,23-24,35,37,41-47,49,51-56H,3-19,22,25-34,36,38-40H2,1-2H3,(H,50,57)/b21-20-,24-23-,37-35+. The number of amides is 1. The van der Waals surface area contributed by atoms with Crippen molar-refractivity contribution in [2.45, 2.75) is 255 Å². The van der Waals surface area contributed by atoms with E-state index in [-0.39, 0.29) is 6.61 Å². The SMILES string of the molecule is CCCCCCCCCCC/C=C\C/C=C\CCCCCCCCC(O)C(=O)NC(COC1OC(CO)C(O)C(O)C1O)C(O)/C=C/CCCCCCCCCCCC. The van der Waals surface area contributed by atoms with Crippen LogP contribution in [-0.2, 0) is 14.3 Å². The van der Waals surface area contributed by atoms with Crippen LogP contribution in [0.4, 0.5) is 0 Å². The minimum absolute atomic E-state index is 0.298. The molecule has 0 aromatic rings. The van der Waals surface area contributed by atoms with Gasteiger partial charge in [0.1, 0.15) is 30.5 Å². The molecule has 10 nitrogen and oxygen atoms in total. The van der Waals surface area contributed by atoms with Crippen molar-refractivity contribution in [3.05, 3.63) is 36.5 Å². The van der Waals surface area contributed by atoms with Crippen LogP contribution in [0.2, 0.25) is 0 Å². The molecule has 1 heterocycles. The lowest BCUT2D eigenvalue weighted by molar-refractivity contribution is -0.302. The van der Waals surface area contributed by atoms with E-state index in [1.54, 1.807) is 6.08 Å². The maximum Gasteiger partial charge on any atom is 0.249 e. The van der Waals surface area contributed by atoms with Gasteiger partial charge in [-0.2, -0.15) is 0 Å². The molecule has 0 spiro atoms. The van der Waals surface area contributed by atoms with E-state index in [2.05, 4.69) is 43.5 Å². The summed E-state index contributed by atoms with van der Waals surface area (Å²) in [5.41, 5.74) is 0. The summed E-state index contributed by atoms with van der Waals surface area (Å²) in [4.78, 5) is 13.0. The molecule has 1 rings (SSSR count). The fourth-order valence-corrected chi connectivity index (χ4v) is 7.55. The number of allylic oxidation sites excluding steroid dienone is 5. The van der Waals surface area contributed by atoms with E-state index in [4.69, 9.17) is 9.47 Å². The van der Waals surface area contributed by atoms with Crippen molar-refractivity contribution in [1.82, 2.24) is 5.32 Å². The molecule has 346 valence electrons. The molecular weight excluding hydrogens is 747 g/mol. The van der Waals surface area contributed by atoms with Crippen molar-refractivity contribution < 1.29 is 44.9 Å². The van der Waals surface area contributed by atoms with Gasteiger partial charge in [0.05, 0.1) is 25.4 Å². The normalized spacial score (nSPS) is 21.5. The zero-order chi connectivity index (χ0) is 43.2. The summed E-state index contributed by atoms with van der Waals surface area (Å²) in [5, 5.41) is 64.6. The molecule has 0 radical (unpaired) electrons. The monoisotopic (exact) mass is 838 g/mol. The van der Waals surface area contributed by atoms with Crippen LogP contribution in [0.25, 0.3) is 0 Å². The largest absolute Gasteiger partial charge is 0.394 e. The van der Waals surface area contributed by atoms with Crippen LogP contribution < -0.4 is 5.32 Å². The molecule has 0 bridgehead atoms. The first-order chi connectivity index (χ1) is 28.8. The number of ether oxygens (including phenoxy) is 2. The summed E-state index contributed by atoms with van der Waals surface area (Å²) in [6.45, 7) is 3.59. The van der Waals surface area contributed by atoms with Crippen LogP contribution in [0.1, 0.15) is 206 Å². The quantitative estimate of drug-likeness (QED) is 0.0235. The van der Waals surface area contributed by atoms with Crippen molar-refractivity contribution in [3.63, 3.8) is 0 Å². The molecule has 8 atom stereocenters. The number of carbonyl (C=O) groups excluding carboxylic acids is 1. The molecule has 0 saturated carbocycles. The first kappa shape index (κ1) is 55.4. The Kier molecular flexibility index (Phi) is 36.8. The lowest BCUT2D eigenvalue weighted by Crippen LogP contribution is -2.60. The number of aliphatic hydroxyl groups is 6. The van der Waals surface area contributed by atoms with E-state index < -0.39 is 61.5 Å². The van der Waals surface area contributed by atoms with E-state index in [1.165, 1.54) is 116 Å². The number of nitrogens with one attached hydrogen (secondary N) is 1. The van der Waals surface area contributed by atoms with Crippen molar-refractivity contribution in [3.8, 4) is 0 Å². The van der Waals surface area contributed by atoms with E-state index >= 15 is 0 Å². The summed E-state index contributed by atoms with van der Waals surface area (Å²) >= 11 is 0. The van der Waals surface area contributed by atoms with Crippen LogP contribution in [0.3, 0.4) is 0 Å². The van der Waals surface area contributed by atoms with Gasteiger partial charge in [-0.1, -0.05) is 192 Å². The number of unbranched alkanes of at least 4 members (excludes halogenated alkanes) is 25. The molecule has 1 aliphatic heterocycles. The second-order valence-electron chi connectivity index (χ2n) is 17.0. The third kappa shape index (κ3) is 29.3. The molecule has 1 saturated heterocycles. The molecule has 7 N–H and O–H groups in total. The maximum absolute atomic E-state index is 13.0. The Morgan fingerprint density at radius 3 is 1.51 bits per heavy atom. The zero-order valence-corrected chi connectivity index (χ0v) is 37.6. The summed E-state index contributed by atoms with van der Waals surface area (Å²) < 4.78 is 11.1. The van der Waals surface area contributed by atoms with E-state index in [0.29, 0.717) is 12.8 Å². The number of aliphatic hydroxyl groups excluding tert-OH is 6. The van der Waals surface area contributed by atoms with E-state index in [9.17, 15) is 35.4 Å². The summed E-state index contributed by atoms with van der Waals surface area (Å²) in [6, 6.07) is -0.983. The number of carbonyl (C=O) groups is 1. The fraction of sp³-hybridized carbons (Fsp3) is 0.857. The summed E-state index contributed by atoms with van der Waals surface area (Å²) in [6.07, 6.45) is 38.0. The first-order valence-corrected chi connectivity index (χ1v) is 24.3. The molecule has 1 amide bonds. The highest BCUT2D eigenvalue weighted by atomic mass is 16.7. The highest BCUT2D eigenvalue weighted by molar-refractivity contribution is 5.80. The molecule has 10 heteroatoms. The van der Waals surface area contributed by atoms with Gasteiger partial charge in [-0.15, -0.1) is 0 Å². The lowest BCUT2D eigenvalue weighted by atomic mass is 9.99. The van der Waals surface area contributed by atoms with E-state index in [1.807, 2.05) is 6.08 Å². The highest BCUT2D eigenvalue weighted by Gasteiger charge is 2.44. The van der Waals surface area contributed by atoms with Gasteiger partial charge in [0.2, 0.25) is 5.91 Å². The first-order valence-electron chi connectivity index (χ1n) is 24.3.